The Morgan fingerprint density at radius 1 is 1.19 bits per heavy atom. The monoisotopic (exact) mass is 454 g/mol. The molecule has 3 aliphatic rings. The Morgan fingerprint density at radius 3 is 2.41 bits per heavy atom. The van der Waals surface area contributed by atoms with E-state index in [1.54, 1.807) is 0 Å². The molecule has 1 saturated heterocycles. The molecular formula is C21H25F3N4O4. The van der Waals surface area contributed by atoms with E-state index in [0.29, 0.717) is 0 Å². The third-order valence-electron chi connectivity index (χ3n) is 6.13. The first-order valence-corrected chi connectivity index (χ1v) is 10.6. The summed E-state index contributed by atoms with van der Waals surface area (Å²) in [4.78, 5) is 40.0. The van der Waals surface area contributed by atoms with Crippen LogP contribution in [-0.4, -0.2) is 60.5 Å². The fraction of sp³-hybridized carbons (Fsp3) is 0.571. The van der Waals surface area contributed by atoms with Crippen LogP contribution in [-0.2, 0) is 25.3 Å². The maximum absolute atomic E-state index is 13.8. The number of nitrogens with two attached hydrogens (primary N) is 1. The van der Waals surface area contributed by atoms with E-state index in [0.717, 1.165) is 49.1 Å². The number of morpholine rings is 1. The van der Waals surface area contributed by atoms with Crippen molar-refractivity contribution in [2.75, 3.05) is 30.0 Å². The number of carbonyl (C=O) groups excluding carboxylic acids is 3. The van der Waals surface area contributed by atoms with Gasteiger partial charge in [0.15, 0.2) is 6.04 Å². The van der Waals surface area contributed by atoms with Crippen molar-refractivity contribution in [1.29, 1.82) is 0 Å². The minimum atomic E-state index is -4.76. The molecule has 3 amide bonds. The van der Waals surface area contributed by atoms with Crippen molar-refractivity contribution in [1.82, 2.24) is 4.90 Å². The number of carbonyl (C=O) groups is 3. The smallest absolute Gasteiger partial charge is 0.370 e. The summed E-state index contributed by atoms with van der Waals surface area (Å²) in [7, 11) is 0. The molecule has 3 N–H and O–H groups in total. The van der Waals surface area contributed by atoms with Crippen LogP contribution in [0.1, 0.15) is 37.7 Å². The van der Waals surface area contributed by atoms with Crippen molar-refractivity contribution in [3.8, 4) is 0 Å². The molecular weight excluding hydrogens is 429 g/mol. The fourth-order valence-electron chi connectivity index (χ4n) is 4.25. The molecule has 32 heavy (non-hydrogen) atoms. The highest BCUT2D eigenvalue weighted by Gasteiger charge is 2.45. The first-order valence-electron chi connectivity index (χ1n) is 10.6. The highest BCUT2D eigenvalue weighted by Crippen LogP contribution is 2.40. The quantitative estimate of drug-likeness (QED) is 0.612. The van der Waals surface area contributed by atoms with E-state index < -0.39 is 35.5 Å². The van der Waals surface area contributed by atoms with Gasteiger partial charge in [0.2, 0.25) is 5.91 Å². The molecule has 174 valence electrons. The van der Waals surface area contributed by atoms with Crippen molar-refractivity contribution in [3.63, 3.8) is 0 Å². The Labute approximate surface area is 182 Å². The third kappa shape index (κ3) is 4.58. The van der Waals surface area contributed by atoms with Crippen LogP contribution in [0.3, 0.4) is 0 Å². The van der Waals surface area contributed by atoms with Gasteiger partial charge in [0.05, 0.1) is 17.9 Å². The van der Waals surface area contributed by atoms with Crippen LogP contribution in [0.25, 0.3) is 0 Å². The summed E-state index contributed by atoms with van der Waals surface area (Å²) in [5.74, 6) is -2.15. The lowest BCUT2D eigenvalue weighted by Gasteiger charge is -2.41. The van der Waals surface area contributed by atoms with Crippen LogP contribution in [0.5, 0.6) is 0 Å². The molecule has 0 radical (unpaired) electrons. The van der Waals surface area contributed by atoms with Crippen molar-refractivity contribution in [2.45, 2.75) is 56.4 Å². The van der Waals surface area contributed by atoms with Gasteiger partial charge < -0.3 is 20.7 Å². The molecule has 1 aromatic carbocycles. The zero-order valence-corrected chi connectivity index (χ0v) is 17.4. The van der Waals surface area contributed by atoms with E-state index in [1.807, 2.05) is 4.90 Å². The van der Waals surface area contributed by atoms with Crippen LogP contribution >= 0.6 is 0 Å². The Hall–Kier alpha value is -2.66. The van der Waals surface area contributed by atoms with Gasteiger partial charge in [-0.05, 0) is 43.9 Å². The van der Waals surface area contributed by atoms with Crippen LogP contribution in [0.4, 0.5) is 24.5 Å². The number of anilines is 2. The van der Waals surface area contributed by atoms with Crippen LogP contribution in [0.15, 0.2) is 18.2 Å². The number of amides is 3. The molecule has 1 aliphatic heterocycles. The summed E-state index contributed by atoms with van der Waals surface area (Å²) in [5.41, 5.74) is 4.05. The van der Waals surface area contributed by atoms with Crippen molar-refractivity contribution < 1.29 is 32.3 Å². The summed E-state index contributed by atoms with van der Waals surface area (Å²) in [6.07, 6.45) is -0.342. The highest BCUT2D eigenvalue weighted by atomic mass is 19.4. The molecule has 0 spiro atoms. The second-order valence-electron chi connectivity index (χ2n) is 8.38. The van der Waals surface area contributed by atoms with E-state index in [2.05, 4.69) is 5.32 Å². The molecule has 0 aromatic heterocycles. The van der Waals surface area contributed by atoms with Gasteiger partial charge in [-0.2, -0.15) is 13.2 Å². The molecule has 1 aromatic rings. The van der Waals surface area contributed by atoms with Gasteiger partial charge >= 0.3 is 6.18 Å². The number of halogens is 3. The molecule has 2 saturated carbocycles. The molecule has 2 aliphatic carbocycles. The number of alkyl halides is 3. The average Bonchev–Trinajstić information content (AvgIpc) is 3.51. The van der Waals surface area contributed by atoms with Gasteiger partial charge in [0.25, 0.3) is 11.8 Å². The lowest BCUT2D eigenvalue weighted by molar-refractivity contribution is -0.138. The van der Waals surface area contributed by atoms with Gasteiger partial charge in [0, 0.05) is 24.3 Å². The highest BCUT2D eigenvalue weighted by molar-refractivity contribution is 6.10. The van der Waals surface area contributed by atoms with E-state index in [9.17, 15) is 27.6 Å². The predicted molar refractivity (Wildman–Crippen MR) is 109 cm³/mol. The third-order valence-corrected chi connectivity index (χ3v) is 6.13. The molecule has 8 nitrogen and oxygen atoms in total. The van der Waals surface area contributed by atoms with E-state index in [4.69, 9.17) is 10.5 Å². The number of nitrogens with zero attached hydrogens (tertiary/aromatic N) is 2. The number of primary amides is 1. The second-order valence-corrected chi connectivity index (χ2v) is 8.38. The second kappa shape index (κ2) is 8.70. The summed E-state index contributed by atoms with van der Waals surface area (Å²) in [6, 6.07) is 2.12. The Morgan fingerprint density at radius 2 is 1.88 bits per heavy atom. The molecule has 4 rings (SSSR count). The molecule has 3 fully saturated rings. The van der Waals surface area contributed by atoms with E-state index in [-0.39, 0.29) is 43.2 Å². The summed E-state index contributed by atoms with van der Waals surface area (Å²) in [6.45, 7) is -0.177. The summed E-state index contributed by atoms with van der Waals surface area (Å²) < 4.78 is 46.3. The average molecular weight is 454 g/mol. The van der Waals surface area contributed by atoms with Gasteiger partial charge in [0.1, 0.15) is 6.61 Å². The maximum atomic E-state index is 13.8. The largest absolute Gasteiger partial charge is 0.418 e. The lowest BCUT2D eigenvalue weighted by Crippen LogP contribution is -2.58. The topological polar surface area (TPSA) is 105 Å². The Balaban J connectivity index is 1.59. The number of ether oxygens (including phenoxy) is 1. The van der Waals surface area contributed by atoms with Gasteiger partial charge in [-0.25, -0.2) is 0 Å². The number of hydrogen-bond donors (Lipinski definition) is 2. The van der Waals surface area contributed by atoms with Crippen molar-refractivity contribution >= 4 is 29.1 Å². The van der Waals surface area contributed by atoms with Crippen LogP contribution < -0.4 is 16.0 Å². The van der Waals surface area contributed by atoms with Crippen molar-refractivity contribution in [3.05, 3.63) is 23.8 Å². The van der Waals surface area contributed by atoms with E-state index >= 15 is 0 Å². The van der Waals surface area contributed by atoms with Gasteiger partial charge in [-0.15, -0.1) is 0 Å². The minimum absolute atomic E-state index is 0.00486. The molecule has 11 heteroatoms. The normalized spacial score (nSPS) is 20.8. The maximum Gasteiger partial charge on any atom is 0.418 e. The number of rotatable bonds is 7. The van der Waals surface area contributed by atoms with E-state index in [1.165, 1.54) is 6.07 Å². The van der Waals surface area contributed by atoms with Crippen LogP contribution in [0.2, 0.25) is 0 Å². The Bertz CT molecular complexity index is 915. The minimum Gasteiger partial charge on any atom is -0.370 e. The van der Waals surface area contributed by atoms with Gasteiger partial charge in [-0.1, -0.05) is 6.42 Å². The summed E-state index contributed by atoms with van der Waals surface area (Å²) in [5, 5.41) is 2.43. The first-order chi connectivity index (χ1) is 15.2. The molecule has 0 bridgehead atoms. The zero-order valence-electron chi connectivity index (χ0n) is 17.4. The molecule has 1 atom stereocenters. The summed E-state index contributed by atoms with van der Waals surface area (Å²) >= 11 is 0. The number of benzene rings is 1. The number of hydrogen-bond acceptors (Lipinski definition) is 5. The molecule has 1 heterocycles. The zero-order chi connectivity index (χ0) is 23.0. The van der Waals surface area contributed by atoms with Crippen LogP contribution in [0, 0.1) is 0 Å². The Kier molecular flexibility index (Phi) is 6.13. The molecule has 0 unspecified atom stereocenters. The first kappa shape index (κ1) is 22.5. The van der Waals surface area contributed by atoms with Gasteiger partial charge in [-0.3, -0.25) is 19.3 Å². The number of nitrogens with one attached hydrogen (secondary N) is 1. The standard InChI is InChI=1S/C21H25F3N4O4/c22-21(23,24)15-10-12(4-7-16(15)27-8-9-32-11-17(27)29)26-20(31)18(19(25)30)28(14-5-6-14)13-2-1-3-13/h4,7,10,13-14,18H,1-3,5-6,8-9,11H2,(H2,25,30)(H,26,31)/t18-/m1/s1. The lowest BCUT2D eigenvalue weighted by atomic mass is 9.89. The SMILES string of the molecule is NC(=O)[C@H](C(=O)Nc1ccc(N2CCOCC2=O)c(C(F)(F)F)c1)N(C1CCC1)C1CC1. The predicted octanol–water partition coefficient (Wildman–Crippen LogP) is 1.88. The fourth-order valence-corrected chi connectivity index (χ4v) is 4.25. The van der Waals surface area contributed by atoms with Crippen molar-refractivity contribution in [2.24, 2.45) is 5.73 Å².